The van der Waals surface area contributed by atoms with Crippen LogP contribution in [0.4, 0.5) is 17.6 Å². The highest BCUT2D eigenvalue weighted by molar-refractivity contribution is 6.01. The number of ether oxygens (including phenoxy) is 3. The highest BCUT2D eigenvalue weighted by atomic mass is 19.3. The molecule has 2 aliphatic rings. The maximum Gasteiger partial charge on any atom is 0.387 e. The first-order valence-corrected chi connectivity index (χ1v) is 11.7. The zero-order valence-corrected chi connectivity index (χ0v) is 19.5. The molecule has 11 heteroatoms. The van der Waals surface area contributed by atoms with Crippen LogP contribution in [-0.2, 0) is 0 Å². The first-order chi connectivity index (χ1) is 17.2. The lowest BCUT2D eigenvalue weighted by atomic mass is 9.79. The summed E-state index contributed by atoms with van der Waals surface area (Å²) in [6.07, 6.45) is 5.29. The van der Waals surface area contributed by atoms with E-state index in [1.165, 1.54) is 13.2 Å². The number of pyridine rings is 1. The summed E-state index contributed by atoms with van der Waals surface area (Å²) in [6, 6.07) is 6.36. The number of carbonyl (C=O) groups is 1. The van der Waals surface area contributed by atoms with Crippen molar-refractivity contribution in [3.8, 4) is 28.5 Å². The minimum absolute atomic E-state index is 0.0196. The molecule has 5 rings (SSSR count). The molecule has 7 nitrogen and oxygen atoms in total. The van der Waals surface area contributed by atoms with Gasteiger partial charge in [-0.3, -0.25) is 9.20 Å². The number of hydrogen-bond acceptors (Lipinski definition) is 5. The Balaban J connectivity index is 1.38. The van der Waals surface area contributed by atoms with Crippen molar-refractivity contribution in [3.63, 3.8) is 0 Å². The monoisotopic (exact) mass is 507 g/mol. The summed E-state index contributed by atoms with van der Waals surface area (Å²) < 4.78 is 69.9. The van der Waals surface area contributed by atoms with Crippen molar-refractivity contribution in [1.29, 1.82) is 0 Å². The Labute approximate surface area is 204 Å². The maximum absolute atomic E-state index is 13.2. The van der Waals surface area contributed by atoms with Crippen molar-refractivity contribution in [2.24, 2.45) is 5.92 Å². The van der Waals surface area contributed by atoms with Crippen LogP contribution >= 0.6 is 0 Å². The van der Waals surface area contributed by atoms with Crippen LogP contribution in [0.2, 0.25) is 0 Å². The molecule has 1 N–H and O–H groups in total. The van der Waals surface area contributed by atoms with Gasteiger partial charge in [-0.05, 0) is 43.4 Å². The molecule has 2 aromatic heterocycles. The molecule has 0 saturated heterocycles. The molecule has 2 heterocycles. The van der Waals surface area contributed by atoms with E-state index in [0.717, 1.165) is 12.8 Å². The molecule has 0 spiro atoms. The van der Waals surface area contributed by atoms with E-state index in [2.05, 4.69) is 10.3 Å². The topological polar surface area (TPSA) is 74.1 Å². The van der Waals surface area contributed by atoms with Crippen LogP contribution in [0, 0.1) is 5.92 Å². The molecule has 3 aromatic rings. The smallest absolute Gasteiger partial charge is 0.387 e. The van der Waals surface area contributed by atoms with E-state index < -0.39 is 18.4 Å². The van der Waals surface area contributed by atoms with Crippen LogP contribution in [-0.4, -0.2) is 47.6 Å². The van der Waals surface area contributed by atoms with E-state index in [-0.39, 0.29) is 41.9 Å². The van der Waals surface area contributed by atoms with Gasteiger partial charge in [0, 0.05) is 36.7 Å². The van der Waals surface area contributed by atoms with E-state index in [4.69, 9.17) is 14.2 Å². The first-order valence-electron chi connectivity index (χ1n) is 11.7. The quantitative estimate of drug-likeness (QED) is 0.376. The first kappa shape index (κ1) is 24.2. The third kappa shape index (κ3) is 5.19. The molecule has 0 unspecified atom stereocenters. The number of fused-ring (bicyclic) bond motifs is 1. The summed E-state index contributed by atoms with van der Waals surface area (Å²) in [5, 5.41) is 2.77. The van der Waals surface area contributed by atoms with E-state index >= 15 is 0 Å². The molecule has 1 amide bonds. The molecule has 192 valence electrons. The van der Waals surface area contributed by atoms with Crippen LogP contribution < -0.4 is 19.5 Å². The van der Waals surface area contributed by atoms with Crippen molar-refractivity contribution in [1.82, 2.24) is 14.7 Å². The fourth-order valence-corrected chi connectivity index (χ4v) is 4.39. The van der Waals surface area contributed by atoms with Gasteiger partial charge >= 0.3 is 6.61 Å². The summed E-state index contributed by atoms with van der Waals surface area (Å²) in [6.45, 7) is -2.81. The maximum atomic E-state index is 13.2. The van der Waals surface area contributed by atoms with Crippen molar-refractivity contribution in [2.75, 3.05) is 13.7 Å². The highest BCUT2D eigenvalue weighted by Gasteiger charge is 2.44. The Kier molecular flexibility index (Phi) is 6.40. The van der Waals surface area contributed by atoms with E-state index in [1.54, 1.807) is 35.0 Å². The van der Waals surface area contributed by atoms with Crippen LogP contribution in [0.25, 0.3) is 16.9 Å². The Morgan fingerprint density at radius 2 is 1.97 bits per heavy atom. The molecule has 1 aromatic carbocycles. The van der Waals surface area contributed by atoms with Gasteiger partial charge in [-0.1, -0.05) is 0 Å². The second kappa shape index (κ2) is 9.51. The normalized spacial score (nSPS) is 17.2. The average Bonchev–Trinajstić information content (AvgIpc) is 3.52. The van der Waals surface area contributed by atoms with Gasteiger partial charge < -0.3 is 19.5 Å². The molecule has 2 aliphatic carbocycles. The second-order valence-electron chi connectivity index (χ2n) is 9.18. The number of nitrogens with zero attached hydrogens (tertiary/aromatic N) is 2. The number of methoxy groups -OCH3 is 1. The standard InChI is InChI=1S/C25H25F4N3O4/c1-34-19-8-15(9-20(36-24(26)27)22(19)23(33)31-16-2-3-16)18-13-30-21-10-17(4-6-32(18)21)35-7-5-14-11-25(28,29)12-14/h4,6,8-10,13-14,16,24H,2-3,5,7,11-12H2,1H3,(H,31,33). The largest absolute Gasteiger partial charge is 0.496 e. The molecule has 2 saturated carbocycles. The van der Waals surface area contributed by atoms with Crippen molar-refractivity contribution >= 4 is 11.6 Å². The zero-order chi connectivity index (χ0) is 25.4. The minimum Gasteiger partial charge on any atom is -0.496 e. The van der Waals surface area contributed by atoms with Crippen LogP contribution in [0.3, 0.4) is 0 Å². The van der Waals surface area contributed by atoms with E-state index in [9.17, 15) is 22.4 Å². The van der Waals surface area contributed by atoms with Gasteiger partial charge in [-0.2, -0.15) is 8.78 Å². The fraction of sp³-hybridized carbons (Fsp3) is 0.440. The third-order valence-electron chi connectivity index (χ3n) is 6.39. The van der Waals surface area contributed by atoms with Crippen LogP contribution in [0.15, 0.2) is 36.7 Å². The molecule has 2 fully saturated rings. The van der Waals surface area contributed by atoms with E-state index in [0.29, 0.717) is 35.7 Å². The number of rotatable bonds is 10. The number of alkyl halides is 4. The zero-order valence-electron chi connectivity index (χ0n) is 19.5. The second-order valence-corrected chi connectivity index (χ2v) is 9.18. The fourth-order valence-electron chi connectivity index (χ4n) is 4.39. The lowest BCUT2D eigenvalue weighted by molar-refractivity contribution is -0.113. The predicted molar refractivity (Wildman–Crippen MR) is 122 cm³/mol. The number of carbonyl (C=O) groups excluding carboxylic acids is 1. The van der Waals surface area contributed by atoms with Crippen LogP contribution in [0.1, 0.15) is 42.5 Å². The lowest BCUT2D eigenvalue weighted by Crippen LogP contribution is -2.36. The Morgan fingerprint density at radius 3 is 2.64 bits per heavy atom. The van der Waals surface area contributed by atoms with E-state index in [1.807, 2.05) is 0 Å². The molecular formula is C25H25F4N3O4. The Bertz CT molecular complexity index is 1270. The number of imidazole rings is 1. The lowest BCUT2D eigenvalue weighted by Gasteiger charge is -2.34. The van der Waals surface area contributed by atoms with Gasteiger partial charge in [-0.25, -0.2) is 13.8 Å². The van der Waals surface area contributed by atoms with Gasteiger partial charge in [0.25, 0.3) is 5.91 Å². The van der Waals surface area contributed by atoms with Crippen molar-refractivity contribution in [2.45, 2.75) is 50.7 Å². The minimum atomic E-state index is -3.13. The molecule has 0 aliphatic heterocycles. The van der Waals surface area contributed by atoms with Gasteiger partial charge in [0.05, 0.1) is 25.6 Å². The number of amides is 1. The van der Waals surface area contributed by atoms with Crippen molar-refractivity contribution in [3.05, 3.63) is 42.2 Å². The van der Waals surface area contributed by atoms with Crippen LogP contribution in [0.5, 0.6) is 17.2 Å². The summed E-state index contributed by atoms with van der Waals surface area (Å²) >= 11 is 0. The van der Waals surface area contributed by atoms with Gasteiger partial charge in [0.15, 0.2) is 0 Å². The number of nitrogens with one attached hydrogen (secondary N) is 1. The summed E-state index contributed by atoms with van der Waals surface area (Å²) in [5.74, 6) is -2.78. The number of hydrogen-bond donors (Lipinski definition) is 1. The van der Waals surface area contributed by atoms with Crippen molar-refractivity contribution < 1.29 is 36.6 Å². The Hall–Kier alpha value is -3.50. The van der Waals surface area contributed by atoms with Gasteiger partial charge in [0.1, 0.15) is 28.5 Å². The predicted octanol–water partition coefficient (Wildman–Crippen LogP) is 5.32. The molecule has 0 bridgehead atoms. The summed E-state index contributed by atoms with van der Waals surface area (Å²) in [7, 11) is 1.35. The SMILES string of the molecule is COc1cc(-c2cnc3cc(OCCC4CC(F)(F)C4)ccn23)cc(OC(F)F)c1C(=O)NC1CC1. The Morgan fingerprint density at radius 1 is 1.22 bits per heavy atom. The van der Waals surface area contributed by atoms with Gasteiger partial charge in [-0.15, -0.1) is 0 Å². The molecule has 0 atom stereocenters. The molecule has 0 radical (unpaired) electrons. The number of aromatic nitrogens is 2. The summed E-state index contributed by atoms with van der Waals surface area (Å²) in [5.41, 5.74) is 1.45. The third-order valence-corrected chi connectivity index (χ3v) is 6.39. The molecule has 36 heavy (non-hydrogen) atoms. The number of benzene rings is 1. The van der Waals surface area contributed by atoms with Gasteiger partial charge in [0.2, 0.25) is 5.92 Å². The summed E-state index contributed by atoms with van der Waals surface area (Å²) in [4.78, 5) is 17.1. The average molecular weight is 507 g/mol. The highest BCUT2D eigenvalue weighted by Crippen LogP contribution is 2.44. The molecular weight excluding hydrogens is 482 g/mol. The number of halogens is 4.